The van der Waals surface area contributed by atoms with Crippen LogP contribution in [0.5, 0.6) is 0 Å². The van der Waals surface area contributed by atoms with Gasteiger partial charge in [-0.25, -0.2) is 4.79 Å². The van der Waals surface area contributed by atoms with E-state index in [4.69, 9.17) is 0 Å². The van der Waals surface area contributed by atoms with Gasteiger partial charge < -0.3 is 15.1 Å². The van der Waals surface area contributed by atoms with Crippen LogP contribution in [0.25, 0.3) is 0 Å². The number of likely N-dealkylation sites (tertiary alicyclic amines) is 2. The fourth-order valence-corrected chi connectivity index (χ4v) is 5.48. The second-order valence-electron chi connectivity index (χ2n) is 9.76. The number of nitrogens with zero attached hydrogens (tertiary/aromatic N) is 3. The van der Waals surface area contributed by atoms with Crippen LogP contribution in [0.3, 0.4) is 0 Å². The average Bonchev–Trinajstić information content (AvgIpc) is 3.54. The van der Waals surface area contributed by atoms with Crippen LogP contribution in [0, 0.1) is 5.92 Å². The third kappa shape index (κ3) is 4.12. The van der Waals surface area contributed by atoms with Gasteiger partial charge in [-0.15, -0.1) is 0 Å². The van der Waals surface area contributed by atoms with Gasteiger partial charge in [-0.1, -0.05) is 30.3 Å². The predicted octanol–water partition coefficient (Wildman–Crippen LogP) is 2.49. The van der Waals surface area contributed by atoms with Gasteiger partial charge in [0, 0.05) is 32.7 Å². The molecule has 6 nitrogen and oxygen atoms in total. The van der Waals surface area contributed by atoms with Crippen molar-refractivity contribution in [3.63, 3.8) is 0 Å². The molecule has 3 amide bonds. The highest BCUT2D eigenvalue weighted by molar-refractivity contribution is 6.07. The average molecular weight is 411 g/mol. The number of rotatable bonds is 6. The summed E-state index contributed by atoms with van der Waals surface area (Å²) in [5.41, 5.74) is 0.682. The lowest BCUT2D eigenvalue weighted by molar-refractivity contribution is -0.135. The maximum atomic E-state index is 13.4. The van der Waals surface area contributed by atoms with Crippen LogP contribution >= 0.6 is 0 Å². The minimum atomic E-state index is -0.668. The van der Waals surface area contributed by atoms with Crippen LogP contribution in [-0.4, -0.2) is 77.5 Å². The van der Waals surface area contributed by atoms with Crippen molar-refractivity contribution in [2.24, 2.45) is 5.92 Å². The Morgan fingerprint density at radius 3 is 2.47 bits per heavy atom. The summed E-state index contributed by atoms with van der Waals surface area (Å²) in [5.74, 6) is 0.881. The number of nitrogens with one attached hydrogen (secondary N) is 1. The maximum absolute atomic E-state index is 13.4. The number of imide groups is 1. The van der Waals surface area contributed by atoms with E-state index >= 15 is 0 Å². The van der Waals surface area contributed by atoms with Crippen molar-refractivity contribution < 1.29 is 9.59 Å². The molecular formula is C24H34N4O2. The molecule has 1 unspecified atom stereocenters. The van der Waals surface area contributed by atoms with Gasteiger partial charge >= 0.3 is 6.03 Å². The summed E-state index contributed by atoms with van der Waals surface area (Å²) in [6, 6.07) is 10.4. The van der Waals surface area contributed by atoms with Crippen LogP contribution in [0.15, 0.2) is 30.3 Å². The van der Waals surface area contributed by atoms with E-state index in [2.05, 4.69) is 39.4 Å². The van der Waals surface area contributed by atoms with Crippen molar-refractivity contribution in [2.75, 3.05) is 39.3 Å². The first-order valence-corrected chi connectivity index (χ1v) is 11.8. The molecule has 1 aliphatic carbocycles. The number of hydrogen-bond acceptors (Lipinski definition) is 4. The third-order valence-corrected chi connectivity index (χ3v) is 7.52. The van der Waals surface area contributed by atoms with Crippen molar-refractivity contribution in [1.82, 2.24) is 20.0 Å². The highest BCUT2D eigenvalue weighted by Crippen LogP contribution is 2.34. The normalized spacial score (nSPS) is 27.6. The molecule has 1 saturated carbocycles. The topological polar surface area (TPSA) is 55.9 Å². The lowest BCUT2D eigenvalue weighted by Crippen LogP contribution is -2.56. The van der Waals surface area contributed by atoms with Crippen molar-refractivity contribution in [2.45, 2.75) is 56.5 Å². The molecule has 6 heteroatoms. The molecule has 0 aromatic heterocycles. The summed E-state index contributed by atoms with van der Waals surface area (Å²) in [7, 11) is 0. The highest BCUT2D eigenvalue weighted by Gasteiger charge is 2.54. The zero-order chi connectivity index (χ0) is 20.6. The molecule has 1 spiro atoms. The zero-order valence-corrected chi connectivity index (χ0v) is 17.9. The van der Waals surface area contributed by atoms with Crippen LogP contribution in [0.2, 0.25) is 0 Å². The van der Waals surface area contributed by atoms with Gasteiger partial charge in [0.25, 0.3) is 5.91 Å². The van der Waals surface area contributed by atoms with Gasteiger partial charge in [0.15, 0.2) is 0 Å². The van der Waals surface area contributed by atoms with Gasteiger partial charge in [0.05, 0.1) is 6.04 Å². The Kier molecular flexibility index (Phi) is 5.54. The molecule has 3 saturated heterocycles. The Morgan fingerprint density at radius 2 is 1.73 bits per heavy atom. The van der Waals surface area contributed by atoms with Crippen molar-refractivity contribution >= 4 is 11.9 Å². The molecule has 1 aromatic carbocycles. The van der Waals surface area contributed by atoms with Gasteiger partial charge in [0.1, 0.15) is 5.54 Å². The second-order valence-corrected chi connectivity index (χ2v) is 9.76. The van der Waals surface area contributed by atoms with Gasteiger partial charge in [0.2, 0.25) is 0 Å². The minimum absolute atomic E-state index is 0.0356. The Labute approximate surface area is 179 Å². The summed E-state index contributed by atoms with van der Waals surface area (Å²) in [6.45, 7) is 5.84. The van der Waals surface area contributed by atoms with Gasteiger partial charge in [-0.05, 0) is 63.0 Å². The molecule has 1 N–H and O–H groups in total. The van der Waals surface area contributed by atoms with E-state index in [-0.39, 0.29) is 18.0 Å². The van der Waals surface area contributed by atoms with Crippen LogP contribution < -0.4 is 5.32 Å². The van der Waals surface area contributed by atoms with Gasteiger partial charge in [-0.3, -0.25) is 9.69 Å². The fourth-order valence-electron chi connectivity index (χ4n) is 5.48. The van der Waals surface area contributed by atoms with E-state index < -0.39 is 5.54 Å². The number of piperidine rings is 2. The number of hydrogen-bond donors (Lipinski definition) is 1. The zero-order valence-electron chi connectivity index (χ0n) is 17.9. The van der Waals surface area contributed by atoms with Crippen molar-refractivity contribution in [3.8, 4) is 0 Å². The number of benzene rings is 1. The molecule has 162 valence electrons. The van der Waals surface area contributed by atoms with E-state index in [0.717, 1.165) is 77.3 Å². The molecule has 4 fully saturated rings. The molecule has 0 bridgehead atoms. The first-order valence-electron chi connectivity index (χ1n) is 11.8. The molecular weight excluding hydrogens is 376 g/mol. The van der Waals surface area contributed by atoms with Crippen molar-refractivity contribution in [1.29, 1.82) is 0 Å². The monoisotopic (exact) mass is 410 g/mol. The predicted molar refractivity (Wildman–Crippen MR) is 116 cm³/mol. The molecule has 1 aromatic rings. The van der Waals surface area contributed by atoms with Gasteiger partial charge in [-0.2, -0.15) is 0 Å². The summed E-state index contributed by atoms with van der Waals surface area (Å²) in [6.07, 6.45) is 7.18. The van der Waals surface area contributed by atoms with Crippen LogP contribution in [-0.2, 0) is 11.2 Å². The van der Waals surface area contributed by atoms with E-state index in [9.17, 15) is 9.59 Å². The van der Waals surface area contributed by atoms with E-state index in [1.807, 2.05) is 6.07 Å². The van der Waals surface area contributed by atoms with Crippen molar-refractivity contribution in [3.05, 3.63) is 35.9 Å². The summed E-state index contributed by atoms with van der Waals surface area (Å²) >= 11 is 0. The lowest BCUT2D eigenvalue weighted by Gasteiger charge is -2.39. The number of amides is 3. The fraction of sp³-hybridized carbons (Fsp3) is 0.667. The SMILES string of the molecule is O=C1NC2(CCN(CCc3ccccc3)CC2)C(=O)N1C1CCCN(CC2CC2)C1. The number of carbonyl (C=O) groups is 2. The summed E-state index contributed by atoms with van der Waals surface area (Å²) in [4.78, 5) is 32.8. The lowest BCUT2D eigenvalue weighted by atomic mass is 9.87. The molecule has 3 heterocycles. The first kappa shape index (κ1) is 20.0. The molecule has 0 radical (unpaired) electrons. The standard InChI is InChI=1S/C24H34N4O2/c29-22-24(11-15-26(16-12-24)14-10-19-5-2-1-3-6-19)25-23(30)28(22)21-7-4-13-27(18-21)17-20-8-9-20/h1-3,5-6,20-21H,4,7-18H2,(H,25,30). The minimum Gasteiger partial charge on any atom is -0.323 e. The second kappa shape index (κ2) is 8.31. The Hall–Kier alpha value is -1.92. The molecule has 30 heavy (non-hydrogen) atoms. The van der Waals surface area contributed by atoms with Crippen LogP contribution in [0.4, 0.5) is 4.79 Å². The molecule has 4 aliphatic rings. The highest BCUT2D eigenvalue weighted by atomic mass is 16.2. The number of carbonyl (C=O) groups excluding carboxylic acids is 2. The Bertz CT molecular complexity index is 771. The quantitative estimate of drug-likeness (QED) is 0.732. The maximum Gasteiger partial charge on any atom is 0.325 e. The van der Waals surface area contributed by atoms with E-state index in [1.54, 1.807) is 4.90 Å². The Morgan fingerprint density at radius 1 is 0.967 bits per heavy atom. The first-order chi connectivity index (χ1) is 14.6. The third-order valence-electron chi connectivity index (χ3n) is 7.52. The molecule has 3 aliphatic heterocycles. The largest absolute Gasteiger partial charge is 0.325 e. The smallest absolute Gasteiger partial charge is 0.323 e. The molecule has 5 rings (SSSR count). The van der Waals surface area contributed by atoms with E-state index in [0.29, 0.717) is 0 Å². The Balaban J connectivity index is 1.17. The van der Waals surface area contributed by atoms with E-state index in [1.165, 1.54) is 18.4 Å². The summed E-state index contributed by atoms with van der Waals surface area (Å²) in [5, 5.41) is 3.12. The van der Waals surface area contributed by atoms with Crippen LogP contribution in [0.1, 0.15) is 44.1 Å². The number of urea groups is 1. The molecule has 1 atom stereocenters. The summed E-state index contributed by atoms with van der Waals surface area (Å²) < 4.78 is 0.